The number of aliphatic hydroxyl groups is 1. The highest BCUT2D eigenvalue weighted by Crippen LogP contribution is 2.41. The Morgan fingerprint density at radius 2 is 2.30 bits per heavy atom. The summed E-state index contributed by atoms with van der Waals surface area (Å²) in [6, 6.07) is 5.21. The number of halogens is 1. The minimum atomic E-state index is -0.328. The molecule has 0 amide bonds. The maximum absolute atomic E-state index is 11.3. The van der Waals surface area contributed by atoms with Crippen LogP contribution in [0.2, 0.25) is 0 Å². The molecule has 1 heterocycles. The Morgan fingerprint density at radius 1 is 1.55 bits per heavy atom. The van der Waals surface area contributed by atoms with Crippen LogP contribution in [0.25, 0.3) is 0 Å². The highest BCUT2D eigenvalue weighted by molar-refractivity contribution is 9.10. The lowest BCUT2D eigenvalue weighted by molar-refractivity contribution is -0.384. The van der Waals surface area contributed by atoms with Gasteiger partial charge in [0.2, 0.25) is 0 Å². The molecule has 1 saturated heterocycles. The second-order valence-corrected chi connectivity index (χ2v) is 6.39. The molecule has 1 aromatic carbocycles. The van der Waals surface area contributed by atoms with E-state index in [4.69, 9.17) is 5.11 Å². The molecule has 0 unspecified atom stereocenters. The van der Waals surface area contributed by atoms with Gasteiger partial charge in [0, 0.05) is 29.2 Å². The van der Waals surface area contributed by atoms with Gasteiger partial charge < -0.3 is 10.0 Å². The standard InChI is InChI=1S/C14H19BrN2O3/c1-14(7-3-9-18)6-2-8-16(14)12-5-4-11(15)10-13(12)17(19)20/h4-5,10,18H,2-3,6-9H2,1H3/t14-/m1/s1. The zero-order valence-electron chi connectivity index (χ0n) is 11.5. The van der Waals surface area contributed by atoms with Crippen LogP contribution in [0.5, 0.6) is 0 Å². The highest BCUT2D eigenvalue weighted by Gasteiger charge is 2.38. The maximum Gasteiger partial charge on any atom is 0.293 e. The quantitative estimate of drug-likeness (QED) is 0.656. The van der Waals surface area contributed by atoms with Crippen LogP contribution in [0.4, 0.5) is 11.4 Å². The van der Waals surface area contributed by atoms with Gasteiger partial charge in [-0.05, 0) is 44.7 Å². The molecule has 1 N–H and O–H groups in total. The van der Waals surface area contributed by atoms with Gasteiger partial charge in [0.15, 0.2) is 0 Å². The normalized spacial score (nSPS) is 22.2. The molecule has 1 aliphatic rings. The lowest BCUT2D eigenvalue weighted by Crippen LogP contribution is -2.41. The number of benzene rings is 1. The van der Waals surface area contributed by atoms with Crippen molar-refractivity contribution in [1.29, 1.82) is 0 Å². The van der Waals surface area contributed by atoms with Crippen LogP contribution in [-0.2, 0) is 0 Å². The predicted molar refractivity (Wildman–Crippen MR) is 82.1 cm³/mol. The molecule has 6 heteroatoms. The fourth-order valence-electron chi connectivity index (χ4n) is 3.03. The Balaban J connectivity index is 2.37. The minimum Gasteiger partial charge on any atom is -0.396 e. The van der Waals surface area contributed by atoms with Gasteiger partial charge >= 0.3 is 0 Å². The van der Waals surface area contributed by atoms with Crippen molar-refractivity contribution in [3.8, 4) is 0 Å². The van der Waals surface area contributed by atoms with E-state index in [-0.39, 0.29) is 22.8 Å². The third-order valence-electron chi connectivity index (χ3n) is 4.05. The van der Waals surface area contributed by atoms with Crippen LogP contribution in [0, 0.1) is 10.1 Å². The van der Waals surface area contributed by atoms with E-state index in [0.717, 1.165) is 32.2 Å². The van der Waals surface area contributed by atoms with Crippen LogP contribution in [0.3, 0.4) is 0 Å². The first kappa shape index (κ1) is 15.3. The maximum atomic E-state index is 11.3. The van der Waals surface area contributed by atoms with Gasteiger partial charge in [-0.2, -0.15) is 0 Å². The zero-order chi connectivity index (χ0) is 14.8. The first-order valence-corrected chi connectivity index (χ1v) is 7.60. The van der Waals surface area contributed by atoms with E-state index >= 15 is 0 Å². The van der Waals surface area contributed by atoms with Gasteiger partial charge in [-0.1, -0.05) is 15.9 Å². The molecule has 2 rings (SSSR count). The smallest absolute Gasteiger partial charge is 0.293 e. The van der Waals surface area contributed by atoms with Gasteiger partial charge in [0.1, 0.15) is 5.69 Å². The van der Waals surface area contributed by atoms with E-state index in [9.17, 15) is 10.1 Å². The molecule has 5 nitrogen and oxygen atoms in total. The summed E-state index contributed by atoms with van der Waals surface area (Å²) in [7, 11) is 0. The van der Waals surface area contributed by atoms with E-state index in [0.29, 0.717) is 10.2 Å². The van der Waals surface area contributed by atoms with Crippen molar-refractivity contribution in [2.45, 2.75) is 38.1 Å². The van der Waals surface area contributed by atoms with Crippen LogP contribution in [0.1, 0.15) is 32.6 Å². The monoisotopic (exact) mass is 342 g/mol. The third kappa shape index (κ3) is 2.96. The SMILES string of the molecule is C[C@]1(CCCO)CCCN1c1ccc(Br)cc1[N+](=O)[O-]. The lowest BCUT2D eigenvalue weighted by Gasteiger charge is -2.37. The summed E-state index contributed by atoms with van der Waals surface area (Å²) in [6.07, 6.45) is 3.59. The Morgan fingerprint density at radius 3 is 2.95 bits per heavy atom. The predicted octanol–water partition coefficient (Wildman–Crippen LogP) is 3.49. The highest BCUT2D eigenvalue weighted by atomic mass is 79.9. The summed E-state index contributed by atoms with van der Waals surface area (Å²) in [6.45, 7) is 3.11. The molecule has 0 spiro atoms. The van der Waals surface area contributed by atoms with Crippen molar-refractivity contribution in [1.82, 2.24) is 0 Å². The summed E-state index contributed by atoms with van der Waals surface area (Å²) >= 11 is 3.29. The Kier molecular flexibility index (Phi) is 4.65. The van der Waals surface area contributed by atoms with Crippen LogP contribution < -0.4 is 4.90 Å². The molecule has 0 saturated carbocycles. The van der Waals surface area contributed by atoms with Gasteiger partial charge in [0.05, 0.1) is 4.92 Å². The Labute approximate surface area is 126 Å². The molecule has 0 aromatic heterocycles. The summed E-state index contributed by atoms with van der Waals surface area (Å²) < 4.78 is 0.712. The van der Waals surface area contributed by atoms with E-state index in [1.807, 2.05) is 12.1 Å². The number of hydrogen-bond acceptors (Lipinski definition) is 4. The van der Waals surface area contributed by atoms with Crippen LogP contribution in [0.15, 0.2) is 22.7 Å². The molecule has 20 heavy (non-hydrogen) atoms. The number of nitro groups is 1. The molecule has 1 fully saturated rings. The molecule has 1 aliphatic heterocycles. The second kappa shape index (κ2) is 6.10. The summed E-state index contributed by atoms with van der Waals surface area (Å²) in [5.74, 6) is 0. The van der Waals surface area contributed by atoms with Gasteiger partial charge in [-0.15, -0.1) is 0 Å². The first-order valence-electron chi connectivity index (χ1n) is 6.80. The van der Waals surface area contributed by atoms with Gasteiger partial charge in [0.25, 0.3) is 5.69 Å². The number of rotatable bonds is 5. The van der Waals surface area contributed by atoms with Crippen molar-refractivity contribution in [3.63, 3.8) is 0 Å². The van der Waals surface area contributed by atoms with Gasteiger partial charge in [-0.25, -0.2) is 0 Å². The van der Waals surface area contributed by atoms with E-state index in [1.54, 1.807) is 6.07 Å². The van der Waals surface area contributed by atoms with E-state index in [1.165, 1.54) is 0 Å². The minimum absolute atomic E-state index is 0.110. The summed E-state index contributed by atoms with van der Waals surface area (Å²) in [5, 5.41) is 20.3. The number of nitrogens with zero attached hydrogens (tertiary/aromatic N) is 2. The molecule has 0 radical (unpaired) electrons. The fraction of sp³-hybridized carbons (Fsp3) is 0.571. The first-order chi connectivity index (χ1) is 9.48. The van der Waals surface area contributed by atoms with Crippen molar-refractivity contribution in [3.05, 3.63) is 32.8 Å². The van der Waals surface area contributed by atoms with Crippen LogP contribution in [-0.4, -0.2) is 28.7 Å². The Hall–Kier alpha value is -1.14. The Bertz CT molecular complexity index is 509. The third-order valence-corrected chi connectivity index (χ3v) is 4.54. The number of nitro benzene ring substituents is 1. The topological polar surface area (TPSA) is 66.6 Å². The molecule has 1 aromatic rings. The fourth-order valence-corrected chi connectivity index (χ4v) is 3.37. The van der Waals surface area contributed by atoms with Crippen molar-refractivity contribution < 1.29 is 10.0 Å². The average Bonchev–Trinajstić information content (AvgIpc) is 2.79. The summed E-state index contributed by atoms with van der Waals surface area (Å²) in [5.41, 5.74) is 0.703. The molecule has 110 valence electrons. The molecular weight excluding hydrogens is 324 g/mol. The lowest BCUT2D eigenvalue weighted by atomic mass is 9.92. The van der Waals surface area contributed by atoms with Crippen molar-refractivity contribution >= 4 is 27.3 Å². The molecule has 0 aliphatic carbocycles. The molecule has 0 bridgehead atoms. The number of hydrogen-bond donors (Lipinski definition) is 1. The van der Waals surface area contributed by atoms with Gasteiger partial charge in [-0.3, -0.25) is 10.1 Å². The van der Waals surface area contributed by atoms with Crippen LogP contribution >= 0.6 is 15.9 Å². The van der Waals surface area contributed by atoms with Crippen molar-refractivity contribution in [2.75, 3.05) is 18.1 Å². The average molecular weight is 343 g/mol. The van der Waals surface area contributed by atoms with Crippen molar-refractivity contribution in [2.24, 2.45) is 0 Å². The largest absolute Gasteiger partial charge is 0.396 e. The number of aliphatic hydroxyl groups excluding tert-OH is 1. The second-order valence-electron chi connectivity index (χ2n) is 5.47. The molecular formula is C14H19BrN2O3. The van der Waals surface area contributed by atoms with E-state index < -0.39 is 0 Å². The van der Waals surface area contributed by atoms with E-state index in [2.05, 4.69) is 27.8 Å². The molecule has 1 atom stereocenters. The zero-order valence-corrected chi connectivity index (χ0v) is 13.1. The summed E-state index contributed by atoms with van der Waals surface area (Å²) in [4.78, 5) is 13.1. The number of anilines is 1.